The third kappa shape index (κ3) is 22.9. The highest BCUT2D eigenvalue weighted by Crippen LogP contribution is 2.51. The van der Waals surface area contributed by atoms with Gasteiger partial charge < -0.3 is 63.1 Å². The van der Waals surface area contributed by atoms with Crippen molar-refractivity contribution in [3.8, 4) is 11.5 Å². The quantitative estimate of drug-likeness (QED) is 0.00984. The molecule has 7 aromatic rings. The van der Waals surface area contributed by atoms with Gasteiger partial charge >= 0.3 is 43.1 Å². The molecular weight excluding hydrogens is 1700 g/mol. The number of alkyl halides is 2. The lowest BCUT2D eigenvalue weighted by molar-refractivity contribution is -0.147. The molecule has 0 radical (unpaired) electrons. The highest BCUT2D eigenvalue weighted by Gasteiger charge is 2.58. The molecule has 105 heavy (non-hydrogen) atoms. The second-order valence-corrected chi connectivity index (χ2v) is 30.3. The van der Waals surface area contributed by atoms with Crippen molar-refractivity contribution in [2.75, 3.05) is 39.8 Å². The summed E-state index contributed by atoms with van der Waals surface area (Å²) in [5.41, 5.74) is -4.00. The second-order valence-electron chi connectivity index (χ2n) is 24.3. The number of phosphoric acid groups is 2. The number of esters is 2. The van der Waals surface area contributed by atoms with Crippen LogP contribution in [0, 0.1) is 22.7 Å². The molecule has 2 fully saturated rings. The molecule has 2 saturated heterocycles. The minimum Gasteiger partial charge on any atom is -0.464 e. The van der Waals surface area contributed by atoms with Crippen molar-refractivity contribution in [3.05, 3.63) is 156 Å². The predicted molar refractivity (Wildman–Crippen MR) is 387 cm³/mol. The lowest BCUT2D eigenvalue weighted by Gasteiger charge is -2.31. The lowest BCUT2D eigenvalue weighted by atomic mass is 9.96. The smallest absolute Gasteiger partial charge is 0.464 e. The van der Waals surface area contributed by atoms with Crippen LogP contribution in [-0.4, -0.2) is 163 Å². The number of nitrogens with one attached hydrogen (secondary N) is 4. The van der Waals surface area contributed by atoms with Crippen LogP contribution in [0.15, 0.2) is 128 Å². The zero-order valence-corrected chi connectivity index (χ0v) is 65.5. The number of hydrogen-bond acceptors (Lipinski definition) is 25. The summed E-state index contributed by atoms with van der Waals surface area (Å²) in [5.74, 6) is -0.999. The van der Waals surface area contributed by atoms with E-state index in [-0.39, 0.29) is 76.6 Å². The maximum atomic E-state index is 15.0. The van der Waals surface area contributed by atoms with E-state index in [1.165, 1.54) is 66.9 Å². The lowest BCUT2D eigenvalue weighted by Crippen LogP contribution is -2.49. The summed E-state index contributed by atoms with van der Waals surface area (Å²) >= 11 is 4.24. The van der Waals surface area contributed by atoms with E-state index < -0.39 is 143 Å². The number of rotatable bonds is 37. The van der Waals surface area contributed by atoms with Crippen LogP contribution in [0.2, 0.25) is 0 Å². The summed E-state index contributed by atoms with van der Waals surface area (Å²) in [7, 11) is -18.4. The Bertz CT molecular complexity index is 4290. The van der Waals surface area contributed by atoms with Gasteiger partial charge in [-0.15, -0.1) is 0 Å². The zero-order chi connectivity index (χ0) is 77.1. The summed E-state index contributed by atoms with van der Waals surface area (Å²) in [6.45, 7) is 4.86. The van der Waals surface area contributed by atoms with Crippen molar-refractivity contribution in [1.82, 2.24) is 38.5 Å². The van der Waals surface area contributed by atoms with Crippen LogP contribution in [0.25, 0.3) is 11.0 Å². The number of halogens is 4. The number of para-hydroxylation sites is 2. The molecule has 0 saturated carbocycles. The van der Waals surface area contributed by atoms with Gasteiger partial charge in [0.1, 0.15) is 122 Å². The molecule has 34 nitrogen and oxygen atoms in total. The van der Waals surface area contributed by atoms with Crippen molar-refractivity contribution in [3.63, 3.8) is 0 Å². The van der Waals surface area contributed by atoms with Crippen LogP contribution in [0.4, 0.5) is 8.78 Å². The number of ether oxygens (including phenoxy) is 4. The number of aromatic nitrogens is 6. The van der Waals surface area contributed by atoms with E-state index in [0.29, 0.717) is 5.56 Å². The van der Waals surface area contributed by atoms with Crippen molar-refractivity contribution in [2.24, 2.45) is 11.8 Å². The third-order valence-electron chi connectivity index (χ3n) is 17.0. The van der Waals surface area contributed by atoms with Crippen molar-refractivity contribution in [2.45, 2.75) is 147 Å². The number of fused-ring (bicyclic) bond motifs is 2. The number of benzene rings is 3. The molecule has 0 bridgehead atoms. The molecule has 9 rings (SSSR count). The molecular formula is C63H86F2I2N10O24P4. The molecule has 3 aromatic carbocycles. The largest absolute Gasteiger partial charge is 0.474 e. The molecule has 13 atom stereocenters. The number of carbonyl (C=O) groups is 2. The average molecular weight is 1780 g/mol. The van der Waals surface area contributed by atoms with Crippen LogP contribution < -0.4 is 30.2 Å². The molecule has 0 aliphatic carbocycles. The van der Waals surface area contributed by atoms with Crippen LogP contribution in [0.1, 0.15) is 96.4 Å². The number of hydrogen-bond donors (Lipinski definition) is 11. The van der Waals surface area contributed by atoms with Crippen molar-refractivity contribution >= 4 is 91.3 Å². The fourth-order valence-electron chi connectivity index (χ4n) is 10.6. The van der Waals surface area contributed by atoms with Gasteiger partial charge in [0.15, 0.2) is 11.0 Å². The number of nitrogens with zero attached hydrogens (tertiary/aromatic N) is 6. The Kier molecular flexibility index (Phi) is 32.5. The van der Waals surface area contributed by atoms with Gasteiger partial charge in [-0.1, -0.05) is 120 Å². The molecule has 1 unspecified atom stereocenters. The molecule has 580 valence electrons. The Balaban J connectivity index is 0.000000289. The van der Waals surface area contributed by atoms with Crippen LogP contribution in [0.5, 0.6) is 11.5 Å². The minimum atomic E-state index is -4.84. The number of phosphoric ester groups is 2. The van der Waals surface area contributed by atoms with Gasteiger partial charge in [0.05, 0.1) is 44.4 Å². The molecule has 0 amide bonds. The van der Waals surface area contributed by atoms with Gasteiger partial charge in [-0.3, -0.25) is 52.2 Å². The van der Waals surface area contributed by atoms with Gasteiger partial charge in [-0.25, -0.2) is 36.1 Å². The average Bonchev–Trinajstić information content (AvgIpc) is 1.60. The maximum Gasteiger partial charge on any atom is 0.474 e. The van der Waals surface area contributed by atoms with Gasteiger partial charge in [-0.2, -0.15) is 20.4 Å². The molecule has 11 N–H and O–H groups in total. The standard InChI is InChI=1S/C35H46FN5O12P2.C28H40FN5O12P2.I2/c1-4-25(5-2)18-48-34(44)24(3)39-54(45,53-27-14-10-7-11-15-27)50-21-35(20-36)32(43)30(42)31(52-35)28-16-17-29-33(37)40(22-38-41(28)29)23-51-55(46,47)49-19-26-12-8-6-9-13-26;1-4-19(5-2)13-42-27(37)18(3)32-47(38,46-20-9-7-6-8-10-20)43-15-28(14-29)25(36)23(35)24(45-28)21-11-12-22-26(30)33(16-31-34(21)22)17-44-48(39,40)41;1-2/h6-17,22,24-25,30-32,37,42-43H,4-5,18-21,23H2,1-3H3,(H,39,45)(H,46,47);6-12,16,18-19,23-25,30,35-36H,4-5,13-15,17H2,1-3H3,(H,32,38)(H2,39,40,41);/t24-,30-,31-,32-,35+,54-;18-,23-,24-,25-,28+,47-;/m00./s1. The Morgan fingerprint density at radius 2 is 0.943 bits per heavy atom. The first-order chi connectivity index (χ1) is 49.9. The number of aliphatic hydroxyl groups is 4. The van der Waals surface area contributed by atoms with E-state index in [2.05, 4.69) is 62.1 Å². The predicted octanol–water partition coefficient (Wildman–Crippen LogP) is 8.69. The van der Waals surface area contributed by atoms with Crippen molar-refractivity contribution in [1.29, 1.82) is 10.8 Å². The van der Waals surface area contributed by atoms with Gasteiger partial charge in [0.25, 0.3) is 0 Å². The van der Waals surface area contributed by atoms with E-state index in [4.69, 9.17) is 66.7 Å². The normalized spacial score (nSPS) is 22.6. The van der Waals surface area contributed by atoms with E-state index >= 15 is 0 Å². The summed E-state index contributed by atoms with van der Waals surface area (Å²) in [5, 5.41) is 74.8. The molecule has 6 heterocycles. The van der Waals surface area contributed by atoms with Crippen molar-refractivity contribution < 1.29 is 122 Å². The highest BCUT2D eigenvalue weighted by molar-refractivity contribution is 15.0. The third-order valence-corrected chi connectivity index (χ3v) is 21.6. The van der Waals surface area contributed by atoms with E-state index in [1.54, 1.807) is 66.7 Å². The topological polar surface area (TPSA) is 462 Å². The highest BCUT2D eigenvalue weighted by atomic mass is 128. The van der Waals surface area contributed by atoms with Gasteiger partial charge in [-0.05, 0) is 79.8 Å². The van der Waals surface area contributed by atoms with Crippen LogP contribution in [0.3, 0.4) is 0 Å². The first kappa shape index (κ1) is 86.9. The Hall–Kier alpha value is -5.36. The molecule has 4 aromatic heterocycles. The van der Waals surface area contributed by atoms with Crippen LogP contribution in [-0.2, 0) is 89.5 Å². The van der Waals surface area contributed by atoms with E-state index in [9.17, 15) is 61.9 Å². The Morgan fingerprint density at radius 3 is 1.30 bits per heavy atom. The summed E-state index contributed by atoms with van der Waals surface area (Å²) in [6, 6.07) is 27.7. The zero-order valence-electron chi connectivity index (χ0n) is 57.6. The molecule has 42 heteroatoms. The first-order valence-corrected chi connectivity index (χ1v) is 45.1. The van der Waals surface area contributed by atoms with E-state index in [1.807, 2.05) is 27.7 Å². The monoisotopic (exact) mass is 1780 g/mol. The van der Waals surface area contributed by atoms with Gasteiger partial charge in [0, 0.05) is 37.2 Å². The number of carbonyl (C=O) groups excluding carboxylic acids is 2. The summed E-state index contributed by atoms with van der Waals surface area (Å²) in [6.07, 6.45) is -4.90. The number of aliphatic hydroxyl groups excluding tert-OH is 4. The van der Waals surface area contributed by atoms with Crippen LogP contribution >= 0.6 is 68.4 Å². The van der Waals surface area contributed by atoms with E-state index in [0.717, 1.165) is 52.0 Å². The molecule has 2 aliphatic rings. The van der Waals surface area contributed by atoms with Gasteiger partial charge in [0.2, 0.25) is 0 Å². The SMILES string of the molecule is CCC(CC)COC(=O)[C@H](C)N[P@](=O)(OC[C@@]1(CF)O[C@@H](c2ccc3c(=N)n(COP(=O)(O)O)cnn23)[C@H](O)[C@@H]1O)Oc1ccccc1.CCC(CC)COC(=O)[C@H](C)N[P@](=O)(OC[C@@]1(CF)O[C@@H](c2ccc3c(=N)n(COP(=O)(O)OCc4ccccc4)cnn23)[C@H](O)[C@@H]1O)Oc1ccccc1.II. The first-order valence-electron chi connectivity index (χ1n) is 32.7. The molecule has 2 aliphatic heterocycles. The second kappa shape index (κ2) is 39.3. The Labute approximate surface area is 625 Å². The maximum absolute atomic E-state index is 15.0. The fourth-order valence-corrected chi connectivity index (χ4v) is 14.7. The summed E-state index contributed by atoms with van der Waals surface area (Å²) in [4.78, 5) is 53.7. The minimum absolute atomic E-state index is 0.0825. The Morgan fingerprint density at radius 1 is 0.571 bits per heavy atom. The fraction of sp³-hybridized carbons (Fsp3) is 0.492. The summed E-state index contributed by atoms with van der Waals surface area (Å²) < 4.78 is 146. The molecule has 0 spiro atoms.